The smallest absolute Gasteiger partial charge is 0.274 e. The number of H-pyrrole nitrogens is 1. The number of nitrogens with one attached hydrogen (secondary N) is 2. The van der Waals surface area contributed by atoms with Crippen LogP contribution in [0.1, 0.15) is 21.5 Å². The van der Waals surface area contributed by atoms with E-state index in [0.717, 1.165) is 46.5 Å². The highest BCUT2D eigenvalue weighted by Crippen LogP contribution is 2.29. The van der Waals surface area contributed by atoms with Crippen LogP contribution in [0.15, 0.2) is 60.7 Å². The van der Waals surface area contributed by atoms with Crippen LogP contribution in [0.3, 0.4) is 0 Å². The van der Waals surface area contributed by atoms with E-state index in [4.69, 9.17) is 26.5 Å². The van der Waals surface area contributed by atoms with Crippen molar-refractivity contribution in [3.05, 3.63) is 82.4 Å². The lowest BCUT2D eigenvalue weighted by Crippen LogP contribution is -2.36. The standard InChI is InChI=1S/C26H21ClN4O3/c27-21-4-2-1-3-17(21)5-10-20-15-22-23(16-24(20)31-11-13-34-14-12-31)29-25(28-22)18-6-8-19(9-7-18)26(32)30-33/h1-4,6-9,15-16,33H,11-14H2,(H,28,29)(H,30,32). The van der Waals surface area contributed by atoms with Crippen LogP contribution >= 0.6 is 11.6 Å². The molecule has 1 aliphatic heterocycles. The molecular weight excluding hydrogens is 452 g/mol. The monoisotopic (exact) mass is 472 g/mol. The molecule has 0 atom stereocenters. The third-order valence-electron chi connectivity index (χ3n) is 5.68. The van der Waals surface area contributed by atoms with Gasteiger partial charge in [0.25, 0.3) is 5.91 Å². The van der Waals surface area contributed by atoms with Crippen molar-refractivity contribution >= 4 is 34.2 Å². The van der Waals surface area contributed by atoms with Gasteiger partial charge in [0, 0.05) is 29.8 Å². The Morgan fingerprint density at radius 3 is 2.53 bits per heavy atom. The Morgan fingerprint density at radius 2 is 1.79 bits per heavy atom. The van der Waals surface area contributed by atoms with E-state index >= 15 is 0 Å². The Hall–Kier alpha value is -3.83. The van der Waals surface area contributed by atoms with Crippen LogP contribution in [-0.4, -0.2) is 47.4 Å². The number of aromatic amines is 1. The van der Waals surface area contributed by atoms with Crippen molar-refractivity contribution in [1.82, 2.24) is 15.4 Å². The zero-order valence-corrected chi connectivity index (χ0v) is 18.9. The summed E-state index contributed by atoms with van der Waals surface area (Å²) < 4.78 is 5.53. The SMILES string of the molecule is O=C(NO)c1ccc(-c2nc3cc(N4CCOCC4)c(C#Cc4ccccc4Cl)cc3[nH]2)cc1. The van der Waals surface area contributed by atoms with Crippen LogP contribution in [-0.2, 0) is 4.74 Å². The number of halogens is 1. The topological polar surface area (TPSA) is 90.5 Å². The zero-order valence-electron chi connectivity index (χ0n) is 18.1. The lowest BCUT2D eigenvalue weighted by Gasteiger charge is -2.29. The molecule has 0 unspecified atom stereocenters. The molecule has 0 aliphatic carbocycles. The van der Waals surface area contributed by atoms with E-state index in [1.807, 2.05) is 36.4 Å². The number of hydroxylamine groups is 1. The van der Waals surface area contributed by atoms with Crippen molar-refractivity contribution in [2.75, 3.05) is 31.2 Å². The van der Waals surface area contributed by atoms with Crippen molar-refractivity contribution in [3.63, 3.8) is 0 Å². The quantitative estimate of drug-likeness (QED) is 0.236. The Kier molecular flexibility index (Phi) is 6.19. The Balaban J connectivity index is 1.56. The van der Waals surface area contributed by atoms with Gasteiger partial charge in [-0.1, -0.05) is 47.7 Å². The van der Waals surface area contributed by atoms with E-state index < -0.39 is 5.91 Å². The number of hydrogen-bond acceptors (Lipinski definition) is 5. The van der Waals surface area contributed by atoms with Crippen LogP contribution in [0.5, 0.6) is 0 Å². The first kappa shape index (κ1) is 22.0. The predicted molar refractivity (Wildman–Crippen MR) is 131 cm³/mol. The molecule has 4 aromatic rings. The van der Waals surface area contributed by atoms with E-state index in [9.17, 15) is 4.79 Å². The van der Waals surface area contributed by atoms with Gasteiger partial charge in [-0.2, -0.15) is 0 Å². The summed E-state index contributed by atoms with van der Waals surface area (Å²) in [5.41, 5.74) is 7.13. The van der Waals surface area contributed by atoms with Crippen LogP contribution in [0.2, 0.25) is 5.02 Å². The van der Waals surface area contributed by atoms with E-state index in [1.165, 1.54) is 0 Å². The molecule has 7 nitrogen and oxygen atoms in total. The summed E-state index contributed by atoms with van der Waals surface area (Å²) in [6.45, 7) is 2.87. The summed E-state index contributed by atoms with van der Waals surface area (Å²) in [6.07, 6.45) is 0. The van der Waals surface area contributed by atoms with E-state index in [0.29, 0.717) is 29.6 Å². The highest BCUT2D eigenvalue weighted by atomic mass is 35.5. The molecule has 8 heteroatoms. The van der Waals surface area contributed by atoms with Crippen molar-refractivity contribution in [2.24, 2.45) is 0 Å². The molecule has 3 aromatic carbocycles. The fourth-order valence-electron chi connectivity index (χ4n) is 3.89. The van der Waals surface area contributed by atoms with Gasteiger partial charge in [-0.25, -0.2) is 10.5 Å². The van der Waals surface area contributed by atoms with Crippen LogP contribution in [0.25, 0.3) is 22.4 Å². The average Bonchev–Trinajstić information content (AvgIpc) is 3.31. The fourth-order valence-corrected chi connectivity index (χ4v) is 4.07. The number of hydrogen-bond donors (Lipinski definition) is 3. The number of amides is 1. The summed E-state index contributed by atoms with van der Waals surface area (Å²) in [5, 5.41) is 9.43. The minimum absolute atomic E-state index is 0.356. The lowest BCUT2D eigenvalue weighted by atomic mass is 10.1. The molecule has 1 amide bonds. The highest BCUT2D eigenvalue weighted by molar-refractivity contribution is 6.31. The molecule has 170 valence electrons. The number of fused-ring (bicyclic) bond motifs is 1. The normalized spacial score (nSPS) is 13.4. The van der Waals surface area contributed by atoms with Gasteiger partial charge < -0.3 is 14.6 Å². The Morgan fingerprint density at radius 1 is 1.06 bits per heavy atom. The van der Waals surface area contributed by atoms with Crippen LogP contribution in [0.4, 0.5) is 5.69 Å². The summed E-state index contributed by atoms with van der Waals surface area (Å²) in [7, 11) is 0. The summed E-state index contributed by atoms with van der Waals surface area (Å²) >= 11 is 6.30. The number of ether oxygens (including phenoxy) is 1. The number of imidazole rings is 1. The number of nitrogens with zero attached hydrogens (tertiary/aromatic N) is 2. The third-order valence-corrected chi connectivity index (χ3v) is 6.01. The van der Waals surface area contributed by atoms with Gasteiger partial charge in [-0.3, -0.25) is 10.0 Å². The number of carbonyl (C=O) groups excluding carboxylic acids is 1. The van der Waals surface area contributed by atoms with Crippen LogP contribution in [0, 0.1) is 11.8 Å². The molecule has 1 saturated heterocycles. The lowest BCUT2D eigenvalue weighted by molar-refractivity contribution is 0.0706. The van der Waals surface area contributed by atoms with Crippen molar-refractivity contribution in [2.45, 2.75) is 0 Å². The minimum Gasteiger partial charge on any atom is -0.378 e. The molecule has 0 bridgehead atoms. The predicted octanol–water partition coefficient (Wildman–Crippen LogP) is 4.24. The van der Waals surface area contributed by atoms with Crippen molar-refractivity contribution in [1.29, 1.82) is 0 Å². The molecule has 3 N–H and O–H groups in total. The number of carbonyl (C=O) groups is 1. The average molecular weight is 473 g/mol. The second kappa shape index (κ2) is 9.57. The summed E-state index contributed by atoms with van der Waals surface area (Å²) in [6, 6.07) is 18.4. The largest absolute Gasteiger partial charge is 0.378 e. The molecule has 1 aromatic heterocycles. The van der Waals surface area contributed by atoms with Gasteiger partial charge >= 0.3 is 0 Å². The number of aromatic nitrogens is 2. The molecule has 2 heterocycles. The molecule has 1 aliphatic rings. The van der Waals surface area contributed by atoms with Crippen LogP contribution < -0.4 is 10.4 Å². The molecule has 0 spiro atoms. The number of morpholine rings is 1. The van der Waals surface area contributed by atoms with E-state index in [2.05, 4.69) is 21.7 Å². The third kappa shape index (κ3) is 4.47. The van der Waals surface area contributed by atoms with Gasteiger partial charge in [-0.05, 0) is 36.4 Å². The Labute approximate surface area is 201 Å². The van der Waals surface area contributed by atoms with Gasteiger partial charge in [0.15, 0.2) is 0 Å². The van der Waals surface area contributed by atoms with E-state index in [-0.39, 0.29) is 0 Å². The maximum absolute atomic E-state index is 11.6. The molecule has 0 saturated carbocycles. The molecule has 5 rings (SSSR count). The molecule has 34 heavy (non-hydrogen) atoms. The first-order chi connectivity index (χ1) is 16.6. The van der Waals surface area contributed by atoms with Crippen molar-refractivity contribution in [3.8, 4) is 23.2 Å². The molecule has 0 radical (unpaired) electrons. The first-order valence-corrected chi connectivity index (χ1v) is 11.2. The number of rotatable bonds is 3. The van der Waals surface area contributed by atoms with E-state index in [1.54, 1.807) is 29.7 Å². The summed E-state index contributed by atoms with van der Waals surface area (Å²) in [5.74, 6) is 6.62. The van der Waals surface area contributed by atoms with Gasteiger partial charge in [0.2, 0.25) is 0 Å². The second-order valence-corrected chi connectivity index (χ2v) is 8.23. The summed E-state index contributed by atoms with van der Waals surface area (Å²) in [4.78, 5) is 22.0. The van der Waals surface area contributed by atoms with Crippen molar-refractivity contribution < 1.29 is 14.7 Å². The zero-order chi connectivity index (χ0) is 23.5. The van der Waals surface area contributed by atoms with Gasteiger partial charge in [0.1, 0.15) is 5.82 Å². The minimum atomic E-state index is -0.562. The molecule has 1 fully saturated rings. The Bertz CT molecular complexity index is 1410. The molecular formula is C26H21ClN4O3. The van der Waals surface area contributed by atoms with Gasteiger partial charge in [0.05, 0.1) is 40.5 Å². The maximum Gasteiger partial charge on any atom is 0.274 e. The fraction of sp³-hybridized carbons (Fsp3) is 0.154. The number of benzene rings is 3. The first-order valence-electron chi connectivity index (χ1n) is 10.8. The number of anilines is 1. The van der Waals surface area contributed by atoms with Gasteiger partial charge in [-0.15, -0.1) is 0 Å². The highest BCUT2D eigenvalue weighted by Gasteiger charge is 2.17. The second-order valence-electron chi connectivity index (χ2n) is 7.82. The maximum atomic E-state index is 11.6.